The van der Waals surface area contributed by atoms with Crippen LogP contribution in [-0.4, -0.2) is 25.3 Å². The zero-order chi connectivity index (χ0) is 40.2. The Kier molecular flexibility index (Phi) is 5.04. The number of aliphatic imine (C=N–C) groups is 1. The van der Waals surface area contributed by atoms with E-state index in [1.54, 1.807) is 30.0 Å². The van der Waals surface area contributed by atoms with Gasteiger partial charge < -0.3 is 4.90 Å². The molecule has 0 fully saturated rings. The molecule has 5 aromatic rings. The van der Waals surface area contributed by atoms with Crippen molar-refractivity contribution in [2.45, 2.75) is 60.4 Å². The van der Waals surface area contributed by atoms with E-state index >= 15 is 0 Å². The molecule has 0 radical (unpaired) electrons. The topological polar surface area (TPSA) is 18.8 Å². The monoisotopic (exact) mass is 684 g/mol. The minimum Gasteiger partial charge on any atom is -0.300 e. The fourth-order valence-corrected chi connectivity index (χ4v) is 15.1. The smallest absolute Gasteiger partial charge is 0.211 e. The zero-order valence-electron chi connectivity index (χ0n) is 35.4. The third-order valence-electron chi connectivity index (χ3n) is 9.53. The lowest BCUT2D eigenvalue weighted by Gasteiger charge is -2.24. The highest BCUT2D eigenvalue weighted by atomic mass is 32.4. The first-order valence-corrected chi connectivity index (χ1v) is 21.3. The average molecular weight is 685 g/mol. The minimum atomic E-state index is -2.72. The average Bonchev–Trinajstić information content (AvgIpc) is 3.64. The number of para-hydroxylation sites is 2. The normalized spacial score (nSPS) is 23.2. The molecule has 9 rings (SSSR count). The van der Waals surface area contributed by atoms with Crippen LogP contribution in [0.15, 0.2) is 141 Å². The van der Waals surface area contributed by atoms with Crippen molar-refractivity contribution in [1.29, 1.82) is 0 Å². The van der Waals surface area contributed by atoms with Crippen molar-refractivity contribution >= 4 is 58.4 Å². The molecule has 0 spiro atoms. The first kappa shape index (κ1) is 21.7. The maximum atomic E-state index is 8.78. The van der Waals surface area contributed by atoms with Gasteiger partial charge in [0.1, 0.15) is 7.22 Å². The molecule has 0 bridgehead atoms. The van der Waals surface area contributed by atoms with E-state index in [-0.39, 0.29) is 39.9 Å². The molecule has 236 valence electrons. The number of allylic oxidation sites excluding steroid dienone is 2. The molecule has 5 aromatic carbocycles. The van der Waals surface area contributed by atoms with Gasteiger partial charge in [-0.15, -0.1) is 11.2 Å². The van der Waals surface area contributed by atoms with E-state index in [1.165, 1.54) is 17.3 Å². The lowest BCUT2D eigenvalue weighted by atomic mass is 9.90. The Bertz CT molecular complexity index is 2580. The summed E-state index contributed by atoms with van der Waals surface area (Å²) in [6.07, 6.45) is 8.12. The summed E-state index contributed by atoms with van der Waals surface area (Å²) in [4.78, 5) is 12.1. The van der Waals surface area contributed by atoms with Crippen LogP contribution >= 0.6 is 23.0 Å². The number of fused-ring (bicyclic) bond motifs is 7. The Labute approximate surface area is 305 Å². The summed E-state index contributed by atoms with van der Waals surface area (Å²) >= 11 is 3.39. The van der Waals surface area contributed by atoms with Gasteiger partial charge in [0, 0.05) is 32.7 Å². The number of guanidine groups is 1. The fraction of sp³-hybridized carbons (Fsp3) is 0.167. The van der Waals surface area contributed by atoms with Crippen LogP contribution in [0.3, 0.4) is 0 Å². The van der Waals surface area contributed by atoms with E-state index in [0.717, 1.165) is 26.1 Å². The number of hydrogen-bond acceptors (Lipinski definition) is 5. The molecule has 0 aromatic heterocycles. The van der Waals surface area contributed by atoms with Gasteiger partial charge >= 0.3 is 0 Å². The molecule has 2 unspecified atom stereocenters. The molecule has 0 N–H and O–H groups in total. The molecule has 3 nitrogen and oxygen atoms in total. The quantitative estimate of drug-likeness (QED) is 0.176. The summed E-state index contributed by atoms with van der Waals surface area (Å²) in [6, 6.07) is 29.6. The van der Waals surface area contributed by atoms with Crippen molar-refractivity contribution in [1.82, 2.24) is 0 Å². The largest absolute Gasteiger partial charge is 0.300 e. The van der Waals surface area contributed by atoms with E-state index in [9.17, 15) is 0 Å². The van der Waals surface area contributed by atoms with Gasteiger partial charge in [-0.1, -0.05) is 110 Å². The predicted molar refractivity (Wildman–Crippen MR) is 209 cm³/mol. The maximum Gasteiger partial charge on any atom is 0.211 e. The number of anilines is 3. The van der Waals surface area contributed by atoms with Crippen LogP contribution < -0.4 is 15.0 Å². The molecule has 0 saturated carbocycles. The summed E-state index contributed by atoms with van der Waals surface area (Å²) in [5.41, 5.74) is 3.16. The third-order valence-corrected chi connectivity index (χ3v) is 16.7. The van der Waals surface area contributed by atoms with Gasteiger partial charge in [0.25, 0.3) is 0 Å². The highest BCUT2D eigenvalue weighted by Gasteiger charge is 2.44. The standard InChI is InChI=1S/C42H37N3S2Si/c1-26-23-29(44-36-16-8-9-17-37(36)45-35-15-7-6-14-34(35)43-42(44)45)21-22-30(26)32-24-28(3)33(25-27(32)2)31-13-12-19-39-41(31)46-38-18-10-11-20-40(38)48(4,5)47-39/h6-25,34-35H,1-5H3/i1D3,2D3,3D3. The van der Waals surface area contributed by atoms with Crippen LogP contribution in [0, 0.1) is 20.6 Å². The highest BCUT2D eigenvalue weighted by molar-refractivity contribution is 8.30. The Hall–Kier alpha value is -4.23. The first-order valence-electron chi connectivity index (χ1n) is 20.5. The SMILES string of the molecule is [2H]C([2H])([2H])c1cc(N2C3=NC4C=CC=CC4N3c3ccccc32)ccc1-c1cc(C([2H])([2H])[2H])c(-c2cccc3c2Sc2ccccc2[Si](C)(C)S3)cc1C([2H])([2H])[2H]. The van der Waals surface area contributed by atoms with E-state index in [1.807, 2.05) is 88.9 Å². The predicted octanol–water partition coefficient (Wildman–Crippen LogP) is 10.8. The van der Waals surface area contributed by atoms with Crippen LogP contribution in [0.1, 0.15) is 29.0 Å². The molecule has 3 heterocycles. The van der Waals surface area contributed by atoms with E-state index in [0.29, 0.717) is 22.8 Å². The van der Waals surface area contributed by atoms with Gasteiger partial charge in [0.15, 0.2) is 0 Å². The zero-order valence-corrected chi connectivity index (χ0v) is 29.0. The van der Waals surface area contributed by atoms with Crippen molar-refractivity contribution in [2.75, 3.05) is 9.80 Å². The van der Waals surface area contributed by atoms with Crippen molar-refractivity contribution in [3.05, 3.63) is 138 Å². The number of benzene rings is 5. The summed E-state index contributed by atoms with van der Waals surface area (Å²) in [6.45, 7) is -3.49. The molecular formula is C42H37N3S2Si. The molecule has 48 heavy (non-hydrogen) atoms. The molecule has 1 aliphatic carbocycles. The number of rotatable bonds is 3. The van der Waals surface area contributed by atoms with Crippen LogP contribution in [0.25, 0.3) is 22.3 Å². The molecule has 6 heteroatoms. The van der Waals surface area contributed by atoms with Crippen molar-refractivity contribution in [2.24, 2.45) is 4.99 Å². The van der Waals surface area contributed by atoms with Gasteiger partial charge in [-0.3, -0.25) is 4.90 Å². The number of aryl methyl sites for hydroxylation is 3. The van der Waals surface area contributed by atoms with Gasteiger partial charge in [-0.25, -0.2) is 4.99 Å². The third kappa shape index (κ3) is 4.61. The molecule has 0 saturated heterocycles. The molecule has 2 atom stereocenters. The van der Waals surface area contributed by atoms with Crippen molar-refractivity contribution < 1.29 is 12.3 Å². The van der Waals surface area contributed by atoms with Gasteiger partial charge in [0.05, 0.1) is 23.5 Å². The summed E-state index contributed by atoms with van der Waals surface area (Å²) < 4.78 is 78.9. The summed E-state index contributed by atoms with van der Waals surface area (Å²) in [5, 5.41) is 1.29. The molecule has 0 amide bonds. The van der Waals surface area contributed by atoms with Crippen LogP contribution in [-0.2, 0) is 0 Å². The first-order chi connectivity index (χ1) is 26.9. The van der Waals surface area contributed by atoms with E-state index in [2.05, 4.69) is 36.2 Å². The van der Waals surface area contributed by atoms with Gasteiger partial charge in [0.2, 0.25) is 5.96 Å². The minimum absolute atomic E-state index is 0.0314. The van der Waals surface area contributed by atoms with Gasteiger partial charge in [-0.2, -0.15) is 0 Å². The maximum absolute atomic E-state index is 8.78. The van der Waals surface area contributed by atoms with Crippen LogP contribution in [0.4, 0.5) is 17.1 Å². The Morgan fingerprint density at radius 3 is 2.23 bits per heavy atom. The number of hydrogen-bond donors (Lipinski definition) is 0. The Morgan fingerprint density at radius 2 is 1.40 bits per heavy atom. The van der Waals surface area contributed by atoms with Crippen LogP contribution in [0.2, 0.25) is 13.1 Å². The van der Waals surface area contributed by atoms with Gasteiger partial charge in [-0.05, 0) is 101 Å². The second-order valence-corrected chi connectivity index (χ2v) is 21.8. The van der Waals surface area contributed by atoms with Crippen molar-refractivity contribution in [3.63, 3.8) is 0 Å². The number of nitrogens with zero attached hydrogens (tertiary/aromatic N) is 3. The Balaban J connectivity index is 1.24. The second kappa shape index (κ2) is 11.2. The fourth-order valence-electron chi connectivity index (χ4n) is 7.28. The lowest BCUT2D eigenvalue weighted by molar-refractivity contribution is 0.741. The van der Waals surface area contributed by atoms with E-state index in [4.69, 9.17) is 17.3 Å². The summed E-state index contributed by atoms with van der Waals surface area (Å²) in [5.74, 6) is 0.663. The molecular weight excluding hydrogens is 639 g/mol. The molecule has 4 aliphatic rings. The van der Waals surface area contributed by atoms with Crippen LogP contribution in [0.5, 0.6) is 0 Å². The van der Waals surface area contributed by atoms with E-state index < -0.39 is 27.8 Å². The van der Waals surface area contributed by atoms with Crippen molar-refractivity contribution in [3.8, 4) is 22.3 Å². The lowest BCUT2D eigenvalue weighted by Crippen LogP contribution is -2.39. The second-order valence-electron chi connectivity index (χ2n) is 12.9. The Morgan fingerprint density at radius 1 is 0.688 bits per heavy atom. The summed E-state index contributed by atoms with van der Waals surface area (Å²) in [7, 11) is -2.03. The molecule has 3 aliphatic heterocycles. The highest BCUT2D eigenvalue weighted by Crippen LogP contribution is 2.50.